The average Bonchev–Trinajstić information content (AvgIpc) is 2.57. The molecular formula is C16H19ClN4O2. The molecule has 0 bridgehead atoms. The number of aromatic nitrogens is 1. The largest absolute Gasteiger partial charge is 0.397 e. The topological polar surface area (TPSA) is 100 Å². The van der Waals surface area contributed by atoms with E-state index in [-0.39, 0.29) is 12.5 Å². The molecule has 1 aromatic heterocycles. The molecule has 0 radical (unpaired) electrons. The third kappa shape index (κ3) is 3.24. The number of halogens is 1. The van der Waals surface area contributed by atoms with Crippen molar-refractivity contribution >= 4 is 34.1 Å². The minimum Gasteiger partial charge on any atom is -0.397 e. The summed E-state index contributed by atoms with van der Waals surface area (Å²) in [5, 5.41) is 17.4. The number of anilines is 1. The molecule has 3 rings (SSSR count). The van der Waals surface area contributed by atoms with Gasteiger partial charge in [0.1, 0.15) is 0 Å². The third-order valence-electron chi connectivity index (χ3n) is 4.24. The van der Waals surface area contributed by atoms with Crippen LogP contribution in [0.4, 0.5) is 5.69 Å². The summed E-state index contributed by atoms with van der Waals surface area (Å²) in [5.74, 6) is -0.317. The number of carbonyl (C=O) groups excluding carboxylic acids is 1. The van der Waals surface area contributed by atoms with Crippen molar-refractivity contribution in [2.24, 2.45) is 0 Å². The molecule has 1 amide bonds. The number of fused-ring (bicyclic) bond motifs is 1. The maximum absolute atomic E-state index is 12.5. The fourth-order valence-corrected chi connectivity index (χ4v) is 3.03. The number of nitrogens with zero attached hydrogens (tertiary/aromatic N) is 1. The maximum atomic E-state index is 12.5. The molecule has 122 valence electrons. The summed E-state index contributed by atoms with van der Waals surface area (Å²) in [6.07, 6.45) is 2.82. The molecule has 0 aliphatic carbocycles. The molecule has 1 aliphatic rings. The minimum atomic E-state index is -0.873. The zero-order valence-corrected chi connectivity index (χ0v) is 13.4. The second-order valence-electron chi connectivity index (χ2n) is 5.88. The number of piperidine rings is 1. The zero-order valence-electron chi connectivity index (χ0n) is 12.6. The zero-order chi connectivity index (χ0) is 16.4. The molecule has 6 nitrogen and oxygen atoms in total. The number of hydrogen-bond donors (Lipinski definition) is 4. The number of amides is 1. The van der Waals surface area contributed by atoms with Gasteiger partial charge in [-0.3, -0.25) is 9.78 Å². The monoisotopic (exact) mass is 334 g/mol. The highest BCUT2D eigenvalue weighted by atomic mass is 35.5. The highest BCUT2D eigenvalue weighted by molar-refractivity contribution is 6.35. The highest BCUT2D eigenvalue weighted by Gasteiger charge is 2.29. The smallest absolute Gasteiger partial charge is 0.253 e. The van der Waals surface area contributed by atoms with E-state index in [1.165, 1.54) is 6.07 Å². The summed E-state index contributed by atoms with van der Waals surface area (Å²) in [5.41, 5.74) is 6.34. The first kappa shape index (κ1) is 16.0. The molecular weight excluding hydrogens is 316 g/mol. The third-order valence-corrected chi connectivity index (χ3v) is 4.55. The molecule has 0 atom stereocenters. The molecule has 1 saturated heterocycles. The fraction of sp³-hybridized carbons (Fsp3) is 0.375. The van der Waals surface area contributed by atoms with E-state index in [4.69, 9.17) is 17.3 Å². The molecule has 5 N–H and O–H groups in total. The van der Waals surface area contributed by atoms with E-state index in [9.17, 15) is 9.90 Å². The van der Waals surface area contributed by atoms with E-state index >= 15 is 0 Å². The number of nitrogen functional groups attached to an aromatic ring is 1. The van der Waals surface area contributed by atoms with Crippen LogP contribution in [0.3, 0.4) is 0 Å². The first-order chi connectivity index (χ1) is 11.0. The van der Waals surface area contributed by atoms with Gasteiger partial charge < -0.3 is 21.5 Å². The van der Waals surface area contributed by atoms with Crippen LogP contribution in [0.1, 0.15) is 23.2 Å². The molecule has 1 aliphatic heterocycles. The van der Waals surface area contributed by atoms with Crippen molar-refractivity contribution in [1.29, 1.82) is 0 Å². The van der Waals surface area contributed by atoms with E-state index < -0.39 is 5.60 Å². The first-order valence-corrected chi connectivity index (χ1v) is 7.92. The van der Waals surface area contributed by atoms with Crippen molar-refractivity contribution in [2.45, 2.75) is 18.4 Å². The van der Waals surface area contributed by atoms with Crippen LogP contribution >= 0.6 is 11.6 Å². The van der Waals surface area contributed by atoms with Crippen LogP contribution in [0.2, 0.25) is 5.02 Å². The van der Waals surface area contributed by atoms with Crippen LogP contribution < -0.4 is 16.4 Å². The number of carbonyl (C=O) groups is 1. The lowest BCUT2D eigenvalue weighted by atomic mass is 9.92. The molecule has 7 heteroatoms. The maximum Gasteiger partial charge on any atom is 0.253 e. The van der Waals surface area contributed by atoms with Crippen molar-refractivity contribution in [3.8, 4) is 0 Å². The number of nitrogens with one attached hydrogen (secondary N) is 2. The Hall–Kier alpha value is -1.89. The van der Waals surface area contributed by atoms with Gasteiger partial charge in [0.25, 0.3) is 5.91 Å². The summed E-state index contributed by atoms with van der Waals surface area (Å²) >= 11 is 6.12. The van der Waals surface area contributed by atoms with Gasteiger partial charge in [-0.2, -0.15) is 0 Å². The summed E-state index contributed by atoms with van der Waals surface area (Å²) < 4.78 is 0. The van der Waals surface area contributed by atoms with Crippen LogP contribution in [0.5, 0.6) is 0 Å². The lowest BCUT2D eigenvalue weighted by Crippen LogP contribution is -2.49. The van der Waals surface area contributed by atoms with E-state index in [0.717, 1.165) is 13.1 Å². The van der Waals surface area contributed by atoms with Gasteiger partial charge in [0.15, 0.2) is 0 Å². The number of hydrogen-bond acceptors (Lipinski definition) is 5. The number of nitrogens with two attached hydrogens (primary N) is 1. The molecule has 2 heterocycles. The van der Waals surface area contributed by atoms with Gasteiger partial charge in [0.05, 0.1) is 27.4 Å². The molecule has 0 saturated carbocycles. The molecule has 0 spiro atoms. The molecule has 1 fully saturated rings. The predicted octanol–water partition coefficient (Wildman–Crippen LogP) is 1.31. The SMILES string of the molecule is Nc1c(Cl)cc(C(=O)NCC2(O)CCNCC2)c2ncccc12. The standard InChI is InChI=1S/C16H19ClN4O2/c17-12-8-11(14-10(13(12)18)2-1-5-20-14)15(22)21-9-16(23)3-6-19-7-4-16/h1-2,5,8,19,23H,3-4,6-7,9,18H2,(H,21,22). The Morgan fingerprint density at radius 2 is 2.22 bits per heavy atom. The number of aliphatic hydroxyl groups is 1. The lowest BCUT2D eigenvalue weighted by molar-refractivity contribution is 0.0113. The van der Waals surface area contributed by atoms with Crippen molar-refractivity contribution in [3.63, 3.8) is 0 Å². The highest BCUT2D eigenvalue weighted by Crippen LogP contribution is 2.30. The van der Waals surface area contributed by atoms with Crippen LogP contribution in [-0.4, -0.2) is 41.2 Å². The summed E-state index contributed by atoms with van der Waals surface area (Å²) in [7, 11) is 0. The summed E-state index contributed by atoms with van der Waals surface area (Å²) in [6, 6.07) is 5.04. The van der Waals surface area contributed by atoms with Gasteiger partial charge in [-0.05, 0) is 44.1 Å². The Morgan fingerprint density at radius 3 is 2.96 bits per heavy atom. The van der Waals surface area contributed by atoms with Crippen molar-refractivity contribution < 1.29 is 9.90 Å². The van der Waals surface area contributed by atoms with Crippen LogP contribution in [0, 0.1) is 0 Å². The Morgan fingerprint density at radius 1 is 1.48 bits per heavy atom. The van der Waals surface area contributed by atoms with Crippen molar-refractivity contribution in [3.05, 3.63) is 35.0 Å². The van der Waals surface area contributed by atoms with E-state index in [1.54, 1.807) is 18.3 Å². The Balaban J connectivity index is 1.85. The Kier molecular flexibility index (Phi) is 4.39. The molecule has 1 aromatic carbocycles. The summed E-state index contributed by atoms with van der Waals surface area (Å²) in [4.78, 5) is 16.8. The number of benzene rings is 1. The second kappa shape index (κ2) is 6.31. The molecule has 0 unspecified atom stereocenters. The van der Waals surface area contributed by atoms with Gasteiger partial charge in [-0.25, -0.2) is 0 Å². The Labute approximate surface area is 139 Å². The molecule has 2 aromatic rings. The fourth-order valence-electron chi connectivity index (χ4n) is 2.82. The predicted molar refractivity (Wildman–Crippen MR) is 90.6 cm³/mol. The lowest BCUT2D eigenvalue weighted by Gasteiger charge is -2.32. The quantitative estimate of drug-likeness (QED) is 0.634. The number of rotatable bonds is 3. The van der Waals surface area contributed by atoms with Gasteiger partial charge in [0.2, 0.25) is 0 Å². The van der Waals surface area contributed by atoms with Gasteiger partial charge in [0, 0.05) is 18.1 Å². The van der Waals surface area contributed by atoms with Crippen molar-refractivity contribution in [2.75, 3.05) is 25.4 Å². The minimum absolute atomic E-state index is 0.198. The average molecular weight is 335 g/mol. The summed E-state index contributed by atoms with van der Waals surface area (Å²) in [6.45, 7) is 1.68. The van der Waals surface area contributed by atoms with Crippen LogP contribution in [0.25, 0.3) is 10.9 Å². The number of pyridine rings is 1. The van der Waals surface area contributed by atoms with E-state index in [0.29, 0.717) is 40.0 Å². The van der Waals surface area contributed by atoms with Gasteiger partial charge in [-0.15, -0.1) is 0 Å². The second-order valence-corrected chi connectivity index (χ2v) is 6.28. The van der Waals surface area contributed by atoms with E-state index in [2.05, 4.69) is 15.6 Å². The first-order valence-electron chi connectivity index (χ1n) is 7.54. The van der Waals surface area contributed by atoms with Gasteiger partial charge >= 0.3 is 0 Å². The van der Waals surface area contributed by atoms with Gasteiger partial charge in [-0.1, -0.05) is 11.6 Å². The Bertz CT molecular complexity index is 744. The van der Waals surface area contributed by atoms with Crippen LogP contribution in [-0.2, 0) is 0 Å². The van der Waals surface area contributed by atoms with Crippen molar-refractivity contribution in [1.82, 2.24) is 15.6 Å². The van der Waals surface area contributed by atoms with Crippen LogP contribution in [0.15, 0.2) is 24.4 Å². The van der Waals surface area contributed by atoms with E-state index in [1.807, 2.05) is 0 Å². The molecule has 23 heavy (non-hydrogen) atoms. The normalized spacial score (nSPS) is 17.1.